The minimum atomic E-state index is -0.421. The monoisotopic (exact) mass is 264 g/mol. The molecule has 0 spiro atoms. The summed E-state index contributed by atoms with van der Waals surface area (Å²) in [6.45, 7) is 6.16. The van der Waals surface area contributed by atoms with E-state index in [1.165, 1.54) is 6.07 Å². The molecule has 0 bridgehead atoms. The summed E-state index contributed by atoms with van der Waals surface area (Å²) in [5, 5.41) is 0. The number of rotatable bonds is 4. The smallest absolute Gasteiger partial charge is 0.292 e. The van der Waals surface area contributed by atoms with Crippen LogP contribution in [0.15, 0.2) is 22.6 Å². The molecule has 1 aromatic heterocycles. The van der Waals surface area contributed by atoms with Gasteiger partial charge in [0, 0.05) is 11.5 Å². The van der Waals surface area contributed by atoms with Crippen molar-refractivity contribution in [1.82, 2.24) is 4.98 Å². The number of nitrogen functional groups attached to an aromatic ring is 1. The lowest BCUT2D eigenvalue weighted by atomic mass is 10.0. The third kappa shape index (κ3) is 2.70. The summed E-state index contributed by atoms with van der Waals surface area (Å²) in [7, 11) is 0. The SMILES string of the molecule is CCOc1ccc(-c2nc(N)oc2C(C)C)cc1F. The highest BCUT2D eigenvalue weighted by molar-refractivity contribution is 5.64. The molecule has 1 aromatic carbocycles. The average Bonchev–Trinajstić information content (AvgIpc) is 2.74. The molecule has 0 fully saturated rings. The van der Waals surface area contributed by atoms with Crippen LogP contribution in [0.1, 0.15) is 32.4 Å². The number of nitrogens with two attached hydrogens (primary N) is 1. The number of oxazole rings is 1. The second-order valence-electron chi connectivity index (χ2n) is 4.50. The molecule has 2 rings (SSSR count). The number of halogens is 1. The molecule has 5 heteroatoms. The lowest BCUT2D eigenvalue weighted by molar-refractivity contribution is 0.321. The predicted molar refractivity (Wildman–Crippen MR) is 71.6 cm³/mol. The second kappa shape index (κ2) is 5.30. The van der Waals surface area contributed by atoms with Crippen molar-refractivity contribution < 1.29 is 13.5 Å². The molecule has 19 heavy (non-hydrogen) atoms. The Balaban J connectivity index is 2.45. The fourth-order valence-corrected chi connectivity index (χ4v) is 1.87. The second-order valence-corrected chi connectivity index (χ2v) is 4.50. The standard InChI is InChI=1S/C14H17FN2O2/c1-4-18-11-6-5-9(7-10(11)15)12-13(8(2)3)19-14(16)17-12/h5-8H,4H2,1-3H3,(H2,16,17). The quantitative estimate of drug-likeness (QED) is 0.916. The molecule has 4 nitrogen and oxygen atoms in total. The van der Waals surface area contributed by atoms with Crippen LogP contribution in [-0.2, 0) is 0 Å². The van der Waals surface area contributed by atoms with Crippen molar-refractivity contribution in [2.45, 2.75) is 26.7 Å². The van der Waals surface area contributed by atoms with Gasteiger partial charge < -0.3 is 14.9 Å². The zero-order chi connectivity index (χ0) is 14.0. The van der Waals surface area contributed by atoms with Crippen LogP contribution in [0.2, 0.25) is 0 Å². The number of benzene rings is 1. The molecule has 0 aliphatic heterocycles. The van der Waals surface area contributed by atoms with Gasteiger partial charge in [0.25, 0.3) is 6.01 Å². The number of ether oxygens (including phenoxy) is 1. The summed E-state index contributed by atoms with van der Waals surface area (Å²) in [4.78, 5) is 4.12. The molecule has 0 unspecified atom stereocenters. The number of hydrogen-bond acceptors (Lipinski definition) is 4. The van der Waals surface area contributed by atoms with Crippen LogP contribution in [0.4, 0.5) is 10.4 Å². The first-order valence-corrected chi connectivity index (χ1v) is 6.21. The zero-order valence-electron chi connectivity index (χ0n) is 11.2. The van der Waals surface area contributed by atoms with E-state index in [1.807, 2.05) is 20.8 Å². The third-order valence-corrected chi connectivity index (χ3v) is 2.70. The topological polar surface area (TPSA) is 61.3 Å². The zero-order valence-corrected chi connectivity index (χ0v) is 11.2. The Hall–Kier alpha value is -2.04. The van der Waals surface area contributed by atoms with Crippen LogP contribution in [0.25, 0.3) is 11.3 Å². The molecule has 1 heterocycles. The molecule has 0 aliphatic carbocycles. The molecule has 0 amide bonds. The number of nitrogens with zero attached hydrogens (tertiary/aromatic N) is 1. The van der Waals surface area contributed by atoms with Gasteiger partial charge in [-0.15, -0.1) is 0 Å². The van der Waals surface area contributed by atoms with Crippen LogP contribution in [0, 0.1) is 5.82 Å². The largest absolute Gasteiger partial charge is 0.491 e. The van der Waals surface area contributed by atoms with Gasteiger partial charge in [-0.3, -0.25) is 0 Å². The van der Waals surface area contributed by atoms with Gasteiger partial charge >= 0.3 is 0 Å². The molecular weight excluding hydrogens is 247 g/mol. The van der Waals surface area contributed by atoms with Gasteiger partial charge in [-0.1, -0.05) is 13.8 Å². The Morgan fingerprint density at radius 2 is 2.16 bits per heavy atom. The van der Waals surface area contributed by atoms with E-state index < -0.39 is 5.82 Å². The van der Waals surface area contributed by atoms with E-state index in [0.717, 1.165) is 0 Å². The first-order chi connectivity index (χ1) is 9.02. The van der Waals surface area contributed by atoms with Crippen LogP contribution in [0.3, 0.4) is 0 Å². The number of aromatic nitrogens is 1. The predicted octanol–water partition coefficient (Wildman–Crippen LogP) is 3.59. The summed E-state index contributed by atoms with van der Waals surface area (Å²) < 4.78 is 24.4. The Kier molecular flexibility index (Phi) is 3.74. The molecule has 0 radical (unpaired) electrons. The van der Waals surface area contributed by atoms with Crippen LogP contribution in [-0.4, -0.2) is 11.6 Å². The molecule has 0 aliphatic rings. The third-order valence-electron chi connectivity index (χ3n) is 2.70. The number of hydrogen-bond donors (Lipinski definition) is 1. The van der Waals surface area contributed by atoms with Crippen molar-refractivity contribution in [2.75, 3.05) is 12.3 Å². The van der Waals surface area contributed by atoms with Gasteiger partial charge in [-0.25, -0.2) is 4.39 Å². The van der Waals surface area contributed by atoms with E-state index in [4.69, 9.17) is 14.9 Å². The normalized spacial score (nSPS) is 11.0. The van der Waals surface area contributed by atoms with Gasteiger partial charge in [-0.05, 0) is 25.1 Å². The lowest BCUT2D eigenvalue weighted by Crippen LogP contribution is -1.95. The summed E-state index contributed by atoms with van der Waals surface area (Å²) in [5.74, 6) is 0.583. The van der Waals surface area contributed by atoms with Gasteiger partial charge in [0.05, 0.1) is 6.61 Å². The van der Waals surface area contributed by atoms with Crippen molar-refractivity contribution in [1.29, 1.82) is 0 Å². The maximum atomic E-state index is 13.8. The first kappa shape index (κ1) is 13.4. The molecule has 0 saturated heterocycles. The van der Waals surface area contributed by atoms with Gasteiger partial charge in [0.2, 0.25) is 0 Å². The lowest BCUT2D eigenvalue weighted by Gasteiger charge is -2.07. The van der Waals surface area contributed by atoms with E-state index in [-0.39, 0.29) is 17.7 Å². The van der Waals surface area contributed by atoms with Gasteiger partial charge in [-0.2, -0.15) is 4.98 Å². The number of anilines is 1. The Bertz CT molecular complexity index is 579. The van der Waals surface area contributed by atoms with E-state index in [1.54, 1.807) is 12.1 Å². The van der Waals surface area contributed by atoms with Crippen molar-refractivity contribution in [3.05, 3.63) is 29.8 Å². The molecule has 0 atom stereocenters. The molecule has 2 N–H and O–H groups in total. The highest BCUT2D eigenvalue weighted by Crippen LogP contribution is 2.32. The van der Waals surface area contributed by atoms with Crippen LogP contribution in [0.5, 0.6) is 5.75 Å². The Morgan fingerprint density at radius 3 is 2.74 bits per heavy atom. The minimum Gasteiger partial charge on any atom is -0.491 e. The molecule has 2 aromatic rings. The average molecular weight is 264 g/mol. The highest BCUT2D eigenvalue weighted by atomic mass is 19.1. The first-order valence-electron chi connectivity index (χ1n) is 6.21. The molecule has 0 saturated carbocycles. The van der Waals surface area contributed by atoms with Crippen molar-refractivity contribution in [2.24, 2.45) is 0 Å². The van der Waals surface area contributed by atoms with Gasteiger partial charge in [0.1, 0.15) is 11.5 Å². The van der Waals surface area contributed by atoms with E-state index in [2.05, 4.69) is 4.98 Å². The van der Waals surface area contributed by atoms with E-state index >= 15 is 0 Å². The molecule has 102 valence electrons. The van der Waals surface area contributed by atoms with E-state index in [9.17, 15) is 4.39 Å². The Morgan fingerprint density at radius 1 is 1.42 bits per heavy atom. The van der Waals surface area contributed by atoms with Crippen LogP contribution < -0.4 is 10.5 Å². The minimum absolute atomic E-state index is 0.0907. The summed E-state index contributed by atoms with van der Waals surface area (Å²) in [5.41, 5.74) is 6.78. The maximum Gasteiger partial charge on any atom is 0.292 e. The van der Waals surface area contributed by atoms with Crippen LogP contribution >= 0.6 is 0 Å². The fourth-order valence-electron chi connectivity index (χ4n) is 1.87. The van der Waals surface area contributed by atoms with E-state index in [0.29, 0.717) is 23.6 Å². The van der Waals surface area contributed by atoms with Gasteiger partial charge in [0.15, 0.2) is 11.6 Å². The fraction of sp³-hybridized carbons (Fsp3) is 0.357. The molecular formula is C14H17FN2O2. The summed E-state index contributed by atoms with van der Waals surface area (Å²) >= 11 is 0. The highest BCUT2D eigenvalue weighted by Gasteiger charge is 2.18. The summed E-state index contributed by atoms with van der Waals surface area (Å²) in [6, 6.07) is 4.81. The maximum absolute atomic E-state index is 13.8. The Labute approximate surface area is 111 Å². The summed E-state index contributed by atoms with van der Waals surface area (Å²) in [6.07, 6.45) is 0. The van der Waals surface area contributed by atoms with Crippen molar-refractivity contribution in [3.63, 3.8) is 0 Å². The van der Waals surface area contributed by atoms with Crippen molar-refractivity contribution in [3.8, 4) is 17.0 Å². The van der Waals surface area contributed by atoms with Crippen molar-refractivity contribution >= 4 is 6.01 Å².